The minimum Gasteiger partial charge on any atom is -0.469 e. The third-order valence-electron chi connectivity index (χ3n) is 6.25. The second kappa shape index (κ2) is 9.99. The molecule has 34 heavy (non-hydrogen) atoms. The van der Waals surface area contributed by atoms with Gasteiger partial charge in [0.25, 0.3) is 5.91 Å². The van der Waals surface area contributed by atoms with E-state index in [0.717, 1.165) is 11.1 Å². The lowest BCUT2D eigenvalue weighted by Crippen LogP contribution is -2.61. The molecule has 2 fully saturated rings. The maximum absolute atomic E-state index is 13.7. The maximum Gasteiger partial charge on any atom is 0.313 e. The van der Waals surface area contributed by atoms with Gasteiger partial charge in [0.15, 0.2) is 20.1 Å². The van der Waals surface area contributed by atoms with Gasteiger partial charge in [-0.3, -0.25) is 9.59 Å². The molecule has 4 atom stereocenters. The molecular weight excluding hydrogens is 450 g/mol. The number of esters is 1. The lowest BCUT2D eigenvalue weighted by molar-refractivity contribution is -0.192. The first-order valence-electron chi connectivity index (χ1n) is 11.7. The highest BCUT2D eigenvalue weighted by atomic mass is 28.4. The summed E-state index contributed by atoms with van der Waals surface area (Å²) in [7, 11) is -0.883. The zero-order chi connectivity index (χ0) is 24.3. The van der Waals surface area contributed by atoms with E-state index >= 15 is 0 Å². The average Bonchev–Trinajstić information content (AvgIpc) is 3.28. The van der Waals surface area contributed by atoms with Crippen LogP contribution >= 0.6 is 0 Å². The lowest BCUT2D eigenvalue weighted by atomic mass is 9.91. The molecule has 0 saturated carbocycles. The van der Waals surface area contributed by atoms with E-state index in [-0.39, 0.29) is 19.1 Å². The molecule has 0 bridgehead atoms. The van der Waals surface area contributed by atoms with Crippen LogP contribution in [0.1, 0.15) is 17.5 Å². The fourth-order valence-electron chi connectivity index (χ4n) is 4.95. The van der Waals surface area contributed by atoms with E-state index < -0.39 is 38.1 Å². The number of ether oxygens (including phenoxy) is 3. The Balaban J connectivity index is 1.71. The third-order valence-corrected chi connectivity index (χ3v) is 7.19. The van der Waals surface area contributed by atoms with E-state index in [1.165, 1.54) is 7.11 Å². The molecule has 0 unspecified atom stereocenters. The van der Waals surface area contributed by atoms with Crippen molar-refractivity contribution in [3.63, 3.8) is 0 Å². The number of fused-ring (bicyclic) bond motifs is 1. The van der Waals surface area contributed by atoms with E-state index in [1.807, 2.05) is 80.3 Å². The second-order valence-corrected chi connectivity index (χ2v) is 14.2. The topological polar surface area (TPSA) is 74.3 Å². The summed E-state index contributed by atoms with van der Waals surface area (Å²) in [6.07, 6.45) is -1.23. The van der Waals surface area contributed by atoms with Crippen molar-refractivity contribution in [1.82, 2.24) is 4.90 Å². The van der Waals surface area contributed by atoms with Crippen LogP contribution in [0.4, 0.5) is 0 Å². The van der Waals surface area contributed by atoms with E-state index in [9.17, 15) is 9.59 Å². The van der Waals surface area contributed by atoms with Gasteiger partial charge in [0, 0.05) is 6.54 Å². The van der Waals surface area contributed by atoms with Gasteiger partial charge < -0.3 is 23.5 Å². The Morgan fingerprint density at radius 3 is 2.06 bits per heavy atom. The quantitative estimate of drug-likeness (QED) is 0.400. The minimum absolute atomic E-state index is 0.210. The summed E-state index contributed by atoms with van der Waals surface area (Å²) in [5.41, 5.74) is 0.657. The predicted molar refractivity (Wildman–Crippen MR) is 129 cm³/mol. The fourth-order valence-corrected chi connectivity index (χ4v) is 6.30. The number of rotatable bonds is 9. The van der Waals surface area contributed by atoms with Gasteiger partial charge in [-0.2, -0.15) is 0 Å². The van der Waals surface area contributed by atoms with Crippen LogP contribution in [0, 0.1) is 5.92 Å². The van der Waals surface area contributed by atoms with E-state index in [2.05, 4.69) is 0 Å². The SMILES string of the molecule is COC(=O)[C@@H]1CCN2C(=O)[C@H](OCc3ccccc3)[C@@H](OCc3ccccc3)[C@]12O[Si](C)(C)C. The molecule has 2 aromatic rings. The predicted octanol–water partition coefficient (Wildman–Crippen LogP) is 3.74. The fraction of sp³-hybridized carbons (Fsp3) is 0.462. The van der Waals surface area contributed by atoms with Crippen LogP contribution in [0.25, 0.3) is 0 Å². The zero-order valence-electron chi connectivity index (χ0n) is 20.2. The van der Waals surface area contributed by atoms with Crippen LogP contribution < -0.4 is 0 Å². The molecule has 0 spiro atoms. The molecule has 0 radical (unpaired) electrons. The Morgan fingerprint density at radius 2 is 1.53 bits per heavy atom. The van der Waals surface area contributed by atoms with Crippen LogP contribution in [0.15, 0.2) is 60.7 Å². The minimum atomic E-state index is -2.25. The first-order valence-corrected chi connectivity index (χ1v) is 15.1. The summed E-state index contributed by atoms with van der Waals surface area (Å²) in [6.45, 7) is 7.04. The average molecular weight is 484 g/mol. The van der Waals surface area contributed by atoms with E-state index in [0.29, 0.717) is 13.0 Å². The number of methoxy groups -OCH3 is 1. The normalized spacial score (nSPS) is 26.5. The zero-order valence-corrected chi connectivity index (χ0v) is 21.2. The van der Waals surface area contributed by atoms with Crippen LogP contribution in [0.2, 0.25) is 19.6 Å². The Bertz CT molecular complexity index is 995. The van der Waals surface area contributed by atoms with Gasteiger partial charge in [-0.05, 0) is 37.2 Å². The van der Waals surface area contributed by atoms with Crippen molar-refractivity contribution >= 4 is 20.2 Å². The number of nitrogens with zero attached hydrogens (tertiary/aromatic N) is 1. The Morgan fingerprint density at radius 1 is 0.971 bits per heavy atom. The largest absolute Gasteiger partial charge is 0.469 e. The Kier molecular flexibility index (Phi) is 7.23. The smallest absolute Gasteiger partial charge is 0.313 e. The van der Waals surface area contributed by atoms with Gasteiger partial charge in [0.2, 0.25) is 0 Å². The van der Waals surface area contributed by atoms with Crippen molar-refractivity contribution in [2.24, 2.45) is 5.92 Å². The molecule has 8 heteroatoms. The molecule has 2 saturated heterocycles. The standard InChI is InChI=1S/C26H33NO6Si/c1-30-25(29)21-15-16-27-24(28)22(31-17-19-11-7-5-8-12-19)23(26(21,27)33-34(2,3)4)32-18-20-13-9-6-10-14-20/h5-14,21-23H,15-18H2,1-4H3/t21-,22+,23+,26+/m0/s1. The van der Waals surface area contributed by atoms with Crippen molar-refractivity contribution in [2.45, 2.75) is 57.2 Å². The van der Waals surface area contributed by atoms with E-state index in [4.69, 9.17) is 18.6 Å². The van der Waals surface area contributed by atoms with Crippen LogP contribution in [0.3, 0.4) is 0 Å². The van der Waals surface area contributed by atoms with Crippen LogP contribution in [-0.2, 0) is 41.4 Å². The molecule has 7 nitrogen and oxygen atoms in total. The number of hydrogen-bond acceptors (Lipinski definition) is 6. The summed E-state index contributed by atoms with van der Waals surface area (Å²) >= 11 is 0. The molecule has 1 amide bonds. The molecular formula is C26H33NO6Si. The third kappa shape index (κ3) is 4.81. The number of benzene rings is 2. The molecule has 2 heterocycles. The summed E-state index contributed by atoms with van der Waals surface area (Å²) in [6, 6.07) is 19.4. The van der Waals surface area contributed by atoms with Crippen molar-refractivity contribution in [3.05, 3.63) is 71.8 Å². The molecule has 0 N–H and O–H groups in total. The number of amides is 1. The highest BCUT2D eigenvalue weighted by Gasteiger charge is 2.70. The molecule has 4 rings (SSSR count). The molecule has 2 aliphatic rings. The van der Waals surface area contributed by atoms with Crippen LogP contribution in [0.5, 0.6) is 0 Å². The summed E-state index contributed by atoms with van der Waals surface area (Å²) in [5.74, 6) is -1.26. The summed E-state index contributed by atoms with van der Waals surface area (Å²) in [5, 5.41) is 0. The molecule has 2 aliphatic heterocycles. The van der Waals surface area contributed by atoms with Crippen molar-refractivity contribution in [1.29, 1.82) is 0 Å². The van der Waals surface area contributed by atoms with Gasteiger partial charge in [-0.15, -0.1) is 0 Å². The van der Waals surface area contributed by atoms with Crippen molar-refractivity contribution < 1.29 is 28.2 Å². The van der Waals surface area contributed by atoms with Crippen molar-refractivity contribution in [3.8, 4) is 0 Å². The molecule has 2 aromatic carbocycles. The van der Waals surface area contributed by atoms with Gasteiger partial charge in [0.1, 0.15) is 12.0 Å². The lowest BCUT2D eigenvalue weighted by Gasteiger charge is -2.44. The first kappa shape index (κ1) is 24.6. The van der Waals surface area contributed by atoms with Gasteiger partial charge in [-0.25, -0.2) is 0 Å². The van der Waals surface area contributed by atoms with Gasteiger partial charge >= 0.3 is 5.97 Å². The maximum atomic E-state index is 13.7. The van der Waals surface area contributed by atoms with E-state index in [1.54, 1.807) is 4.90 Å². The summed E-state index contributed by atoms with van der Waals surface area (Å²) < 4.78 is 24.6. The van der Waals surface area contributed by atoms with Crippen LogP contribution in [-0.4, -0.2) is 56.7 Å². The number of hydrogen-bond donors (Lipinski definition) is 0. The molecule has 182 valence electrons. The van der Waals surface area contributed by atoms with Gasteiger partial charge in [0.05, 0.1) is 20.3 Å². The molecule has 0 aromatic heterocycles. The number of carbonyl (C=O) groups excluding carboxylic acids is 2. The van der Waals surface area contributed by atoms with Crippen molar-refractivity contribution in [2.75, 3.05) is 13.7 Å². The second-order valence-electron chi connectivity index (χ2n) is 9.75. The Labute approximate surface area is 202 Å². The highest BCUT2D eigenvalue weighted by molar-refractivity contribution is 6.69. The first-order chi connectivity index (χ1) is 16.3. The summed E-state index contributed by atoms with van der Waals surface area (Å²) in [4.78, 5) is 28.3. The number of carbonyl (C=O) groups is 2. The van der Waals surface area contributed by atoms with Gasteiger partial charge in [-0.1, -0.05) is 60.7 Å². The molecule has 0 aliphatic carbocycles. The monoisotopic (exact) mass is 483 g/mol. The Hall–Kier alpha value is -2.52. The highest BCUT2D eigenvalue weighted by Crippen LogP contribution is 2.49.